The van der Waals surface area contributed by atoms with E-state index in [1.54, 1.807) is 25.3 Å². The first-order valence-corrected chi connectivity index (χ1v) is 9.16. The van der Waals surface area contributed by atoms with Crippen LogP contribution in [0.25, 0.3) is 10.8 Å². The van der Waals surface area contributed by atoms with Crippen LogP contribution in [0.5, 0.6) is 5.75 Å². The summed E-state index contributed by atoms with van der Waals surface area (Å²) >= 11 is 5.97. The van der Waals surface area contributed by atoms with Crippen LogP contribution in [0.2, 0.25) is 5.02 Å². The van der Waals surface area contributed by atoms with Gasteiger partial charge in [-0.25, -0.2) is 13.1 Å². The molecule has 0 radical (unpaired) electrons. The first-order chi connectivity index (χ1) is 11.5. The fourth-order valence-corrected chi connectivity index (χ4v) is 3.96. The molecule has 124 valence electrons. The standard InChI is InChI=1S/C18H16ClNO3S/c1-23-16-9-8-14-10-13(6-7-15(14)11-16)12-20-24(21,22)18-5-3-2-4-17(18)19/h2-11,20H,12H2,1H3. The number of hydrogen-bond acceptors (Lipinski definition) is 3. The van der Waals surface area contributed by atoms with Crippen LogP contribution in [0, 0.1) is 0 Å². The Kier molecular flexibility index (Phi) is 4.76. The maximum absolute atomic E-state index is 12.4. The van der Waals surface area contributed by atoms with Gasteiger partial charge in [-0.3, -0.25) is 0 Å². The minimum Gasteiger partial charge on any atom is -0.497 e. The molecule has 3 rings (SSSR count). The second-order valence-electron chi connectivity index (χ2n) is 5.30. The van der Waals surface area contributed by atoms with Gasteiger partial charge in [0.25, 0.3) is 0 Å². The molecule has 24 heavy (non-hydrogen) atoms. The van der Waals surface area contributed by atoms with Gasteiger partial charge in [0.15, 0.2) is 0 Å². The SMILES string of the molecule is COc1ccc2cc(CNS(=O)(=O)c3ccccc3Cl)ccc2c1. The Balaban J connectivity index is 1.81. The van der Waals surface area contributed by atoms with Crippen LogP contribution < -0.4 is 9.46 Å². The molecule has 4 nitrogen and oxygen atoms in total. The molecule has 0 unspecified atom stereocenters. The van der Waals surface area contributed by atoms with Gasteiger partial charge in [-0.1, -0.05) is 41.9 Å². The summed E-state index contributed by atoms with van der Waals surface area (Å²) < 4.78 is 32.5. The van der Waals surface area contributed by atoms with Crippen LogP contribution >= 0.6 is 11.6 Å². The van der Waals surface area contributed by atoms with Crippen molar-refractivity contribution in [3.8, 4) is 5.75 Å². The fourth-order valence-electron chi connectivity index (χ4n) is 2.43. The molecule has 0 aliphatic rings. The van der Waals surface area contributed by atoms with E-state index in [2.05, 4.69) is 4.72 Å². The third-order valence-electron chi connectivity index (χ3n) is 3.70. The van der Waals surface area contributed by atoms with E-state index in [-0.39, 0.29) is 16.5 Å². The number of fused-ring (bicyclic) bond motifs is 1. The van der Waals surface area contributed by atoms with Gasteiger partial charge < -0.3 is 4.74 Å². The largest absolute Gasteiger partial charge is 0.497 e. The van der Waals surface area contributed by atoms with E-state index >= 15 is 0 Å². The lowest BCUT2D eigenvalue weighted by atomic mass is 10.1. The molecular weight excluding hydrogens is 346 g/mol. The summed E-state index contributed by atoms with van der Waals surface area (Å²) in [5.74, 6) is 0.787. The van der Waals surface area contributed by atoms with Gasteiger partial charge in [-0.15, -0.1) is 0 Å². The molecule has 0 heterocycles. The van der Waals surface area contributed by atoms with Gasteiger partial charge in [0, 0.05) is 6.54 Å². The lowest BCUT2D eigenvalue weighted by Crippen LogP contribution is -2.23. The Labute approximate surface area is 146 Å². The summed E-state index contributed by atoms with van der Waals surface area (Å²) in [5.41, 5.74) is 0.864. The van der Waals surface area contributed by atoms with E-state index in [4.69, 9.17) is 16.3 Å². The average Bonchev–Trinajstić information content (AvgIpc) is 2.59. The molecular formula is C18H16ClNO3S. The number of nitrogens with one attached hydrogen (secondary N) is 1. The van der Waals surface area contributed by atoms with Crippen LogP contribution in [-0.2, 0) is 16.6 Å². The van der Waals surface area contributed by atoms with Gasteiger partial charge in [-0.2, -0.15) is 0 Å². The monoisotopic (exact) mass is 361 g/mol. The highest BCUT2D eigenvalue weighted by Gasteiger charge is 2.16. The van der Waals surface area contributed by atoms with Gasteiger partial charge in [0.1, 0.15) is 10.6 Å². The highest BCUT2D eigenvalue weighted by Crippen LogP contribution is 2.23. The van der Waals surface area contributed by atoms with Gasteiger partial charge >= 0.3 is 0 Å². The third kappa shape index (κ3) is 3.53. The number of ether oxygens (including phenoxy) is 1. The van der Waals surface area contributed by atoms with Crippen LogP contribution in [0.15, 0.2) is 65.6 Å². The van der Waals surface area contributed by atoms with Crippen molar-refractivity contribution < 1.29 is 13.2 Å². The number of rotatable bonds is 5. The number of hydrogen-bond donors (Lipinski definition) is 1. The molecule has 0 bridgehead atoms. The second kappa shape index (κ2) is 6.81. The average molecular weight is 362 g/mol. The van der Waals surface area contributed by atoms with Crippen molar-refractivity contribution in [3.63, 3.8) is 0 Å². The maximum Gasteiger partial charge on any atom is 0.242 e. The molecule has 0 aliphatic carbocycles. The molecule has 0 aliphatic heterocycles. The van der Waals surface area contributed by atoms with Crippen molar-refractivity contribution in [1.29, 1.82) is 0 Å². The predicted molar refractivity (Wildman–Crippen MR) is 96.0 cm³/mol. The van der Waals surface area contributed by atoms with Crippen molar-refractivity contribution in [2.45, 2.75) is 11.4 Å². The highest BCUT2D eigenvalue weighted by atomic mass is 35.5. The molecule has 0 saturated carbocycles. The van der Waals surface area contributed by atoms with Crippen LogP contribution in [-0.4, -0.2) is 15.5 Å². The topological polar surface area (TPSA) is 55.4 Å². The van der Waals surface area contributed by atoms with Crippen molar-refractivity contribution in [3.05, 3.63) is 71.2 Å². The summed E-state index contributed by atoms with van der Waals surface area (Å²) in [6.07, 6.45) is 0. The van der Waals surface area contributed by atoms with Crippen LogP contribution in [0.4, 0.5) is 0 Å². The summed E-state index contributed by atoms with van der Waals surface area (Å²) in [6.45, 7) is 0.190. The molecule has 0 fully saturated rings. The quantitative estimate of drug-likeness (QED) is 0.747. The van der Waals surface area contributed by atoms with E-state index in [0.717, 1.165) is 22.1 Å². The Morgan fingerprint density at radius 1 is 1.00 bits per heavy atom. The van der Waals surface area contributed by atoms with E-state index < -0.39 is 10.0 Å². The zero-order valence-electron chi connectivity index (χ0n) is 13.0. The Morgan fingerprint density at radius 3 is 2.46 bits per heavy atom. The Morgan fingerprint density at radius 2 is 1.71 bits per heavy atom. The number of methoxy groups -OCH3 is 1. The smallest absolute Gasteiger partial charge is 0.242 e. The zero-order valence-corrected chi connectivity index (χ0v) is 14.6. The molecule has 3 aromatic rings. The minimum absolute atomic E-state index is 0.0807. The van der Waals surface area contributed by atoms with Crippen LogP contribution in [0.3, 0.4) is 0 Å². The predicted octanol–water partition coefficient (Wildman–Crippen LogP) is 3.98. The number of halogens is 1. The van der Waals surface area contributed by atoms with Crippen molar-refractivity contribution in [2.75, 3.05) is 7.11 Å². The van der Waals surface area contributed by atoms with Gasteiger partial charge in [0.2, 0.25) is 10.0 Å². The Hall–Kier alpha value is -2.08. The lowest BCUT2D eigenvalue weighted by Gasteiger charge is -2.09. The van der Waals surface area contributed by atoms with Crippen molar-refractivity contribution >= 4 is 32.4 Å². The molecule has 0 atom stereocenters. The van der Waals surface area contributed by atoms with E-state index in [1.807, 2.05) is 36.4 Å². The minimum atomic E-state index is -3.66. The lowest BCUT2D eigenvalue weighted by molar-refractivity contribution is 0.415. The van der Waals surface area contributed by atoms with Crippen molar-refractivity contribution in [2.24, 2.45) is 0 Å². The second-order valence-corrected chi connectivity index (χ2v) is 7.44. The molecule has 6 heteroatoms. The molecule has 0 spiro atoms. The third-order valence-corrected chi connectivity index (χ3v) is 5.61. The van der Waals surface area contributed by atoms with Gasteiger partial charge in [0.05, 0.1) is 12.1 Å². The molecule has 0 aromatic heterocycles. The molecule has 0 saturated heterocycles. The molecule has 0 amide bonds. The summed E-state index contributed by atoms with van der Waals surface area (Å²) in [7, 11) is -2.03. The zero-order chi connectivity index (χ0) is 17.2. The van der Waals surface area contributed by atoms with Gasteiger partial charge in [-0.05, 0) is 46.7 Å². The van der Waals surface area contributed by atoms with Crippen molar-refractivity contribution in [1.82, 2.24) is 4.72 Å². The number of benzene rings is 3. The maximum atomic E-state index is 12.4. The van der Waals surface area contributed by atoms with E-state index in [9.17, 15) is 8.42 Å². The molecule has 1 N–H and O–H groups in total. The highest BCUT2D eigenvalue weighted by molar-refractivity contribution is 7.89. The first kappa shape index (κ1) is 16.8. The Bertz CT molecular complexity index is 986. The van der Waals surface area contributed by atoms with E-state index in [0.29, 0.717) is 0 Å². The van der Waals surface area contributed by atoms with Crippen LogP contribution in [0.1, 0.15) is 5.56 Å². The molecule has 3 aromatic carbocycles. The fraction of sp³-hybridized carbons (Fsp3) is 0.111. The summed E-state index contributed by atoms with van der Waals surface area (Å²) in [5, 5.41) is 2.26. The number of sulfonamides is 1. The van der Waals surface area contributed by atoms with E-state index in [1.165, 1.54) is 6.07 Å². The summed E-state index contributed by atoms with van der Waals surface area (Å²) in [6, 6.07) is 17.9. The summed E-state index contributed by atoms with van der Waals surface area (Å²) in [4.78, 5) is 0.0807. The normalized spacial score (nSPS) is 11.6. The first-order valence-electron chi connectivity index (χ1n) is 7.30.